The van der Waals surface area contributed by atoms with E-state index in [9.17, 15) is 14.4 Å². The van der Waals surface area contributed by atoms with Gasteiger partial charge >= 0.3 is 0 Å². The van der Waals surface area contributed by atoms with Crippen molar-refractivity contribution in [2.45, 2.75) is 59.4 Å². The van der Waals surface area contributed by atoms with Crippen molar-refractivity contribution in [1.82, 2.24) is 10.7 Å². The average molecular weight is 399 g/mol. The Labute approximate surface area is 171 Å². The lowest BCUT2D eigenvalue weighted by atomic mass is 9.89. The van der Waals surface area contributed by atoms with Gasteiger partial charge in [-0.05, 0) is 26.3 Å². The molecule has 0 saturated heterocycles. The van der Waals surface area contributed by atoms with Crippen LogP contribution in [0.5, 0.6) is 0 Å². The number of carbonyl (C=O) groups excluding carboxylic acids is 3. The maximum absolute atomic E-state index is 12.7. The largest absolute Gasteiger partial charge is 0.354 e. The number of amides is 3. The van der Waals surface area contributed by atoms with Crippen LogP contribution in [0.15, 0.2) is 29.4 Å². The van der Waals surface area contributed by atoms with Gasteiger partial charge in [0.05, 0.1) is 17.5 Å². The van der Waals surface area contributed by atoms with Crippen molar-refractivity contribution in [1.29, 1.82) is 0 Å². The molecule has 156 valence electrons. The summed E-state index contributed by atoms with van der Waals surface area (Å²) in [4.78, 5) is 37.4. The second-order valence-corrected chi connectivity index (χ2v) is 8.39. The molecule has 3 N–H and O–H groups in total. The zero-order chi connectivity index (χ0) is 21.2. The van der Waals surface area contributed by atoms with Crippen molar-refractivity contribution in [3.05, 3.63) is 29.8 Å². The number of benzene rings is 1. The number of nitrogens with one attached hydrogen (secondary N) is 3. The standard InChI is InChI=1S/C22H30N4O3/c1-5-6-7-12-16(27)24-15-11-9-8-10-14(15)19-22(4)17(20(28)23-13(2)3)18(22)21(29)26-25-19/h8-11,13,17-18H,5-7,12H2,1-4H3,(H,23,28)(H,24,27)(H,26,29)/t17-,18+,22+/m0/s1. The van der Waals surface area contributed by atoms with E-state index in [1.165, 1.54) is 0 Å². The molecule has 7 nitrogen and oxygen atoms in total. The lowest BCUT2D eigenvalue weighted by Crippen LogP contribution is -2.35. The predicted octanol–water partition coefficient (Wildman–Crippen LogP) is 2.82. The van der Waals surface area contributed by atoms with E-state index in [1.807, 2.05) is 45.0 Å². The van der Waals surface area contributed by atoms with Crippen molar-refractivity contribution in [2.75, 3.05) is 5.32 Å². The summed E-state index contributed by atoms with van der Waals surface area (Å²) in [6.45, 7) is 7.79. The van der Waals surface area contributed by atoms with Crippen LogP contribution in [-0.4, -0.2) is 29.5 Å². The van der Waals surface area contributed by atoms with Gasteiger partial charge < -0.3 is 10.6 Å². The molecule has 0 unspecified atom stereocenters. The van der Waals surface area contributed by atoms with Gasteiger partial charge in [0.25, 0.3) is 0 Å². The molecule has 0 bridgehead atoms. The molecular formula is C22H30N4O3. The summed E-state index contributed by atoms with van der Waals surface area (Å²) in [5.74, 6) is -1.35. The van der Waals surface area contributed by atoms with Crippen molar-refractivity contribution in [3.8, 4) is 0 Å². The minimum atomic E-state index is -0.690. The molecule has 3 rings (SSSR count). The Morgan fingerprint density at radius 3 is 2.66 bits per heavy atom. The number of unbranched alkanes of at least 4 members (excludes halogenated alkanes) is 2. The summed E-state index contributed by atoms with van der Waals surface area (Å²) >= 11 is 0. The molecule has 1 aliphatic carbocycles. The molecular weight excluding hydrogens is 368 g/mol. The first-order valence-corrected chi connectivity index (χ1v) is 10.4. The van der Waals surface area contributed by atoms with Gasteiger partial charge in [-0.3, -0.25) is 14.4 Å². The number of anilines is 1. The van der Waals surface area contributed by atoms with Gasteiger partial charge in [0.15, 0.2) is 0 Å². The van der Waals surface area contributed by atoms with E-state index in [-0.39, 0.29) is 23.8 Å². The molecule has 1 saturated carbocycles. The van der Waals surface area contributed by atoms with Crippen LogP contribution >= 0.6 is 0 Å². The van der Waals surface area contributed by atoms with Crippen LogP contribution < -0.4 is 16.1 Å². The fourth-order valence-corrected chi connectivity index (χ4v) is 4.23. The molecule has 0 aromatic heterocycles. The number of rotatable bonds is 8. The summed E-state index contributed by atoms with van der Waals surface area (Å²) in [5.41, 5.74) is 3.90. The molecule has 29 heavy (non-hydrogen) atoms. The third-order valence-electron chi connectivity index (χ3n) is 5.76. The molecule has 1 aromatic carbocycles. The first kappa shape index (κ1) is 21.0. The lowest BCUT2D eigenvalue weighted by molar-refractivity contribution is -0.127. The van der Waals surface area contributed by atoms with Gasteiger partial charge in [-0.1, -0.05) is 44.9 Å². The van der Waals surface area contributed by atoms with Crippen LogP contribution in [-0.2, 0) is 14.4 Å². The molecule has 2 aliphatic rings. The second kappa shape index (κ2) is 8.35. The van der Waals surface area contributed by atoms with Gasteiger partial charge in [0.2, 0.25) is 17.7 Å². The number of hydrazone groups is 1. The maximum Gasteiger partial charge on any atom is 0.245 e. The first-order chi connectivity index (χ1) is 13.8. The van der Waals surface area contributed by atoms with E-state index in [0.717, 1.165) is 24.8 Å². The highest BCUT2D eigenvalue weighted by Crippen LogP contribution is 2.62. The third-order valence-corrected chi connectivity index (χ3v) is 5.76. The number of hydrogen-bond acceptors (Lipinski definition) is 4. The summed E-state index contributed by atoms with van der Waals surface area (Å²) < 4.78 is 0. The Hall–Kier alpha value is -2.70. The minimum Gasteiger partial charge on any atom is -0.354 e. The number of carbonyl (C=O) groups is 3. The molecule has 0 radical (unpaired) electrons. The van der Waals surface area contributed by atoms with Crippen LogP contribution in [0, 0.1) is 17.3 Å². The summed E-state index contributed by atoms with van der Waals surface area (Å²) in [6, 6.07) is 7.41. The maximum atomic E-state index is 12.7. The fraction of sp³-hybridized carbons (Fsp3) is 0.545. The average Bonchev–Trinajstić information content (AvgIpc) is 3.30. The monoisotopic (exact) mass is 398 g/mol. The highest BCUT2D eigenvalue weighted by Gasteiger charge is 2.72. The Balaban J connectivity index is 1.86. The van der Waals surface area contributed by atoms with Crippen molar-refractivity contribution < 1.29 is 14.4 Å². The van der Waals surface area contributed by atoms with Gasteiger partial charge in [-0.15, -0.1) is 0 Å². The van der Waals surface area contributed by atoms with Gasteiger partial charge in [-0.25, -0.2) is 5.43 Å². The van der Waals surface area contributed by atoms with Crippen LogP contribution in [0.3, 0.4) is 0 Å². The van der Waals surface area contributed by atoms with E-state index >= 15 is 0 Å². The Kier molecular flexibility index (Phi) is 6.05. The quantitative estimate of drug-likeness (QED) is 0.587. The lowest BCUT2D eigenvalue weighted by Gasteiger charge is -2.22. The molecule has 7 heteroatoms. The van der Waals surface area contributed by atoms with Crippen molar-refractivity contribution >= 4 is 29.1 Å². The topological polar surface area (TPSA) is 99.7 Å². The van der Waals surface area contributed by atoms with E-state index in [2.05, 4.69) is 28.1 Å². The molecule has 0 spiro atoms. The van der Waals surface area contributed by atoms with Gasteiger partial charge in [-0.2, -0.15) is 5.10 Å². The summed E-state index contributed by atoms with van der Waals surface area (Å²) in [6.07, 6.45) is 3.38. The van der Waals surface area contributed by atoms with Crippen molar-refractivity contribution in [3.63, 3.8) is 0 Å². The van der Waals surface area contributed by atoms with Crippen LogP contribution in [0.4, 0.5) is 5.69 Å². The van der Waals surface area contributed by atoms with Crippen molar-refractivity contribution in [2.24, 2.45) is 22.4 Å². The minimum absolute atomic E-state index is 0.00750. The first-order valence-electron chi connectivity index (χ1n) is 10.4. The molecule has 3 amide bonds. The van der Waals surface area contributed by atoms with Crippen LogP contribution in [0.1, 0.15) is 58.9 Å². The van der Waals surface area contributed by atoms with Crippen LogP contribution in [0.25, 0.3) is 0 Å². The molecule has 1 aromatic rings. The Morgan fingerprint density at radius 1 is 1.24 bits per heavy atom. The number of nitrogens with zero attached hydrogens (tertiary/aromatic N) is 1. The molecule has 1 fully saturated rings. The zero-order valence-corrected chi connectivity index (χ0v) is 17.5. The predicted molar refractivity (Wildman–Crippen MR) is 112 cm³/mol. The third kappa shape index (κ3) is 4.04. The number of fused-ring (bicyclic) bond motifs is 1. The SMILES string of the molecule is CCCCCC(=O)Nc1ccccc1C1=NNC(=O)[C@H]2[C@@H](C(=O)NC(C)C)[C@@]12C. The van der Waals surface area contributed by atoms with Gasteiger partial charge in [0.1, 0.15) is 0 Å². The molecule has 1 aliphatic heterocycles. The fourth-order valence-electron chi connectivity index (χ4n) is 4.23. The van der Waals surface area contributed by atoms with E-state index in [1.54, 1.807) is 0 Å². The Morgan fingerprint density at radius 2 is 1.97 bits per heavy atom. The Bertz CT molecular complexity index is 848. The highest BCUT2D eigenvalue weighted by molar-refractivity contribution is 6.19. The number of hydrogen-bond donors (Lipinski definition) is 3. The highest BCUT2D eigenvalue weighted by atomic mass is 16.2. The van der Waals surface area contributed by atoms with E-state index in [0.29, 0.717) is 17.8 Å². The van der Waals surface area contributed by atoms with E-state index < -0.39 is 17.3 Å². The van der Waals surface area contributed by atoms with E-state index in [4.69, 9.17) is 0 Å². The van der Waals surface area contributed by atoms with Crippen LogP contribution in [0.2, 0.25) is 0 Å². The second-order valence-electron chi connectivity index (χ2n) is 8.39. The normalized spacial score (nSPS) is 25.0. The zero-order valence-electron chi connectivity index (χ0n) is 17.5. The number of para-hydroxylation sites is 1. The molecule has 3 atom stereocenters. The molecule has 1 heterocycles. The van der Waals surface area contributed by atoms with Gasteiger partial charge in [0, 0.05) is 29.1 Å². The summed E-state index contributed by atoms with van der Waals surface area (Å²) in [5, 5.41) is 10.2. The summed E-state index contributed by atoms with van der Waals surface area (Å²) in [7, 11) is 0. The smallest absolute Gasteiger partial charge is 0.245 e.